The summed E-state index contributed by atoms with van der Waals surface area (Å²) in [6, 6.07) is 6.81. The first-order valence-corrected chi connectivity index (χ1v) is 6.92. The third-order valence-electron chi connectivity index (χ3n) is 3.27. The highest BCUT2D eigenvalue weighted by molar-refractivity contribution is 5.95. The fraction of sp³-hybridized carbons (Fsp3) is 0.333. The number of carboxylic acid groups (broad SMARTS) is 1. The van der Waals surface area contributed by atoms with Gasteiger partial charge in [0.05, 0.1) is 18.6 Å². The molecule has 0 aliphatic heterocycles. The van der Waals surface area contributed by atoms with Crippen LogP contribution < -0.4 is 5.32 Å². The minimum atomic E-state index is -1.01. The van der Waals surface area contributed by atoms with Crippen molar-refractivity contribution in [3.63, 3.8) is 0 Å². The fourth-order valence-corrected chi connectivity index (χ4v) is 2.25. The van der Waals surface area contributed by atoms with Crippen LogP contribution in [0.25, 0.3) is 5.69 Å². The van der Waals surface area contributed by atoms with E-state index in [4.69, 9.17) is 9.84 Å². The molecule has 2 rings (SSSR count). The van der Waals surface area contributed by atoms with E-state index in [0.717, 1.165) is 5.69 Å². The number of aliphatic carboxylic acids is 1. The Morgan fingerprint density at radius 1 is 1.26 bits per heavy atom. The minimum absolute atomic E-state index is 0.101. The van der Waals surface area contributed by atoms with E-state index < -0.39 is 11.5 Å². The van der Waals surface area contributed by atoms with Crippen LogP contribution in [0.2, 0.25) is 0 Å². The Hall–Kier alpha value is -2.74. The van der Waals surface area contributed by atoms with Gasteiger partial charge in [-0.2, -0.15) is 0 Å². The molecule has 1 amide bonds. The Labute approximate surface area is 133 Å². The molecule has 1 heterocycles. The highest BCUT2D eigenvalue weighted by Gasteiger charge is 2.29. The molecule has 0 saturated heterocycles. The molecule has 0 aliphatic rings. The molecule has 0 aliphatic carbocycles. The smallest absolute Gasteiger partial charge is 0.305 e. The van der Waals surface area contributed by atoms with Gasteiger partial charge in [-0.15, -0.1) is 10.2 Å². The van der Waals surface area contributed by atoms with Crippen LogP contribution in [-0.4, -0.2) is 51.0 Å². The van der Waals surface area contributed by atoms with E-state index in [1.54, 1.807) is 48.4 Å². The number of hydrogen-bond donors (Lipinski definition) is 2. The predicted molar refractivity (Wildman–Crippen MR) is 81.4 cm³/mol. The lowest BCUT2D eigenvalue weighted by molar-refractivity contribution is -0.139. The zero-order chi connectivity index (χ0) is 16.9. The molecule has 0 radical (unpaired) electrons. The average Bonchev–Trinajstić information content (AvgIpc) is 3.00. The van der Waals surface area contributed by atoms with Crippen molar-refractivity contribution in [3.8, 4) is 5.69 Å². The number of carbonyl (C=O) groups is 2. The van der Waals surface area contributed by atoms with Crippen molar-refractivity contribution in [1.29, 1.82) is 0 Å². The number of carbonyl (C=O) groups excluding carboxylic acids is 1. The Morgan fingerprint density at radius 2 is 1.87 bits per heavy atom. The first-order chi connectivity index (χ1) is 10.9. The first kappa shape index (κ1) is 16.6. The van der Waals surface area contributed by atoms with Gasteiger partial charge in [-0.3, -0.25) is 14.2 Å². The number of hydrogen-bond acceptors (Lipinski definition) is 5. The normalized spacial score (nSPS) is 13.3. The van der Waals surface area contributed by atoms with E-state index in [1.165, 1.54) is 7.11 Å². The van der Waals surface area contributed by atoms with Crippen molar-refractivity contribution >= 4 is 11.9 Å². The van der Waals surface area contributed by atoms with Gasteiger partial charge in [-0.25, -0.2) is 0 Å². The molecule has 23 heavy (non-hydrogen) atoms. The van der Waals surface area contributed by atoms with Gasteiger partial charge in [-0.05, 0) is 31.2 Å². The summed E-state index contributed by atoms with van der Waals surface area (Å²) in [6.07, 6.45) is 2.88. The van der Waals surface area contributed by atoms with Crippen molar-refractivity contribution in [2.45, 2.75) is 18.9 Å². The molecule has 8 heteroatoms. The fourth-order valence-electron chi connectivity index (χ4n) is 2.25. The molecule has 2 N–H and O–H groups in total. The van der Waals surface area contributed by atoms with Crippen molar-refractivity contribution in [3.05, 3.63) is 42.5 Å². The Kier molecular flexibility index (Phi) is 5.07. The lowest BCUT2D eigenvalue weighted by Crippen LogP contribution is -2.50. The van der Waals surface area contributed by atoms with Gasteiger partial charge >= 0.3 is 5.97 Å². The molecular weight excluding hydrogens is 300 g/mol. The van der Waals surface area contributed by atoms with Crippen molar-refractivity contribution < 1.29 is 19.4 Å². The number of ether oxygens (including phenoxy) is 1. The summed E-state index contributed by atoms with van der Waals surface area (Å²) in [5.41, 5.74) is 0.260. The molecule has 2 aromatic rings. The van der Waals surface area contributed by atoms with Crippen LogP contribution >= 0.6 is 0 Å². The second-order valence-electron chi connectivity index (χ2n) is 5.43. The molecule has 0 fully saturated rings. The zero-order valence-corrected chi connectivity index (χ0v) is 12.9. The summed E-state index contributed by atoms with van der Waals surface area (Å²) in [5, 5.41) is 19.1. The molecule has 0 bridgehead atoms. The second kappa shape index (κ2) is 7.01. The quantitative estimate of drug-likeness (QED) is 0.785. The molecule has 0 spiro atoms. The summed E-state index contributed by atoms with van der Waals surface area (Å²) >= 11 is 0. The van der Waals surface area contributed by atoms with E-state index >= 15 is 0 Å². The van der Waals surface area contributed by atoms with Crippen molar-refractivity contribution in [2.75, 3.05) is 13.7 Å². The van der Waals surface area contributed by atoms with Crippen LogP contribution in [0.3, 0.4) is 0 Å². The van der Waals surface area contributed by atoms with Crippen LogP contribution in [0, 0.1) is 0 Å². The van der Waals surface area contributed by atoms with Gasteiger partial charge in [0.15, 0.2) is 0 Å². The van der Waals surface area contributed by atoms with Gasteiger partial charge in [0.25, 0.3) is 5.91 Å². The monoisotopic (exact) mass is 318 g/mol. The zero-order valence-electron chi connectivity index (χ0n) is 12.9. The Morgan fingerprint density at radius 3 is 2.39 bits per heavy atom. The molecule has 1 atom stereocenters. The number of methoxy groups -OCH3 is 1. The van der Waals surface area contributed by atoms with E-state index in [-0.39, 0.29) is 18.9 Å². The maximum absolute atomic E-state index is 12.3. The van der Waals surface area contributed by atoms with Gasteiger partial charge in [0.2, 0.25) is 0 Å². The number of rotatable bonds is 7. The van der Waals surface area contributed by atoms with Gasteiger partial charge < -0.3 is 15.2 Å². The third kappa shape index (κ3) is 4.36. The number of nitrogens with zero attached hydrogens (tertiary/aromatic N) is 3. The van der Waals surface area contributed by atoms with Crippen LogP contribution in [0.15, 0.2) is 36.9 Å². The SMILES string of the molecule is COCC(C)(CC(=O)O)NC(=O)c1ccc(-n2cnnc2)cc1. The molecular formula is C15H18N4O4. The number of amides is 1. The highest BCUT2D eigenvalue weighted by atomic mass is 16.5. The summed E-state index contributed by atoms with van der Waals surface area (Å²) < 4.78 is 6.73. The maximum atomic E-state index is 12.3. The second-order valence-corrected chi connectivity index (χ2v) is 5.43. The van der Waals surface area contributed by atoms with E-state index in [0.29, 0.717) is 5.56 Å². The molecule has 8 nitrogen and oxygen atoms in total. The minimum Gasteiger partial charge on any atom is -0.481 e. The number of aromatic nitrogens is 3. The van der Waals surface area contributed by atoms with Gasteiger partial charge in [0, 0.05) is 18.4 Å². The lowest BCUT2D eigenvalue weighted by Gasteiger charge is -2.28. The predicted octanol–water partition coefficient (Wildman–Crippen LogP) is 0.877. The Balaban J connectivity index is 2.11. The molecule has 1 aromatic carbocycles. The topological polar surface area (TPSA) is 106 Å². The molecule has 0 saturated carbocycles. The summed E-state index contributed by atoms with van der Waals surface area (Å²) in [7, 11) is 1.46. The standard InChI is InChI=1S/C15H18N4O4/c1-15(8-23-2,7-13(20)21)18-14(22)11-3-5-12(6-4-11)19-9-16-17-10-19/h3-6,9-10H,7-8H2,1-2H3,(H,18,22)(H,20,21). The average molecular weight is 318 g/mol. The molecule has 1 unspecified atom stereocenters. The van der Waals surface area contributed by atoms with Crippen molar-refractivity contribution in [2.24, 2.45) is 0 Å². The molecule has 122 valence electrons. The van der Waals surface area contributed by atoms with E-state index in [2.05, 4.69) is 15.5 Å². The van der Waals surface area contributed by atoms with E-state index in [1.807, 2.05) is 0 Å². The van der Waals surface area contributed by atoms with Crippen LogP contribution in [0.1, 0.15) is 23.7 Å². The summed E-state index contributed by atoms with van der Waals surface area (Å²) in [4.78, 5) is 23.3. The highest BCUT2D eigenvalue weighted by Crippen LogP contribution is 2.14. The van der Waals surface area contributed by atoms with Crippen LogP contribution in [0.5, 0.6) is 0 Å². The summed E-state index contributed by atoms with van der Waals surface area (Å²) in [6.45, 7) is 1.73. The van der Waals surface area contributed by atoms with Crippen LogP contribution in [0.4, 0.5) is 0 Å². The molecule has 1 aromatic heterocycles. The van der Waals surface area contributed by atoms with Crippen molar-refractivity contribution in [1.82, 2.24) is 20.1 Å². The number of nitrogens with one attached hydrogen (secondary N) is 1. The Bertz CT molecular complexity index is 669. The van der Waals surface area contributed by atoms with Gasteiger partial charge in [0.1, 0.15) is 12.7 Å². The number of carboxylic acids is 1. The first-order valence-electron chi connectivity index (χ1n) is 6.92. The summed E-state index contributed by atoms with van der Waals surface area (Å²) in [5.74, 6) is -1.37. The largest absolute Gasteiger partial charge is 0.481 e. The maximum Gasteiger partial charge on any atom is 0.305 e. The number of benzene rings is 1. The lowest BCUT2D eigenvalue weighted by atomic mass is 9.98. The van der Waals surface area contributed by atoms with Gasteiger partial charge in [-0.1, -0.05) is 0 Å². The van der Waals surface area contributed by atoms with Crippen LogP contribution in [-0.2, 0) is 9.53 Å². The van der Waals surface area contributed by atoms with E-state index in [9.17, 15) is 9.59 Å². The third-order valence-corrected chi connectivity index (χ3v) is 3.27.